The van der Waals surface area contributed by atoms with Crippen molar-refractivity contribution in [2.45, 2.75) is 105 Å². The third-order valence-electron chi connectivity index (χ3n) is 5.00. The van der Waals surface area contributed by atoms with Crippen molar-refractivity contribution >= 4 is 6.21 Å². The molecule has 1 heteroatoms. The molecule has 0 bridgehead atoms. The van der Waals surface area contributed by atoms with Crippen LogP contribution in [0, 0.1) is 23.2 Å². The van der Waals surface area contributed by atoms with Crippen molar-refractivity contribution in [3.63, 3.8) is 0 Å². The lowest BCUT2D eigenvalue weighted by atomic mass is 9.84. The van der Waals surface area contributed by atoms with E-state index in [-0.39, 0.29) is 0 Å². The Morgan fingerprint density at radius 2 is 1.43 bits per heavy atom. The smallest absolute Gasteiger partial charge is 0.00476 e. The second-order valence-corrected chi connectivity index (χ2v) is 7.12. The Hall–Kier alpha value is -0.330. The predicted octanol–water partition coefficient (Wildman–Crippen LogP) is 7.25. The van der Waals surface area contributed by atoms with Gasteiger partial charge in [-0.05, 0) is 43.2 Å². The van der Waals surface area contributed by atoms with Crippen molar-refractivity contribution in [1.82, 2.24) is 0 Å². The normalized spacial score (nSPS) is 15.6. The van der Waals surface area contributed by atoms with Crippen molar-refractivity contribution in [2.24, 2.45) is 17.8 Å². The molecule has 0 spiro atoms. The minimum atomic E-state index is 0.805. The van der Waals surface area contributed by atoms with E-state index in [0.29, 0.717) is 0 Å². The maximum absolute atomic E-state index is 7.10. The van der Waals surface area contributed by atoms with E-state index in [1.807, 2.05) is 0 Å². The van der Waals surface area contributed by atoms with E-state index in [4.69, 9.17) is 5.41 Å². The van der Waals surface area contributed by atoms with E-state index in [0.717, 1.165) is 24.2 Å². The first-order valence-electron chi connectivity index (χ1n) is 9.66. The average molecular weight is 296 g/mol. The van der Waals surface area contributed by atoms with Crippen molar-refractivity contribution in [3.05, 3.63) is 0 Å². The zero-order valence-electron chi connectivity index (χ0n) is 15.3. The molecule has 0 rings (SSSR count). The lowest BCUT2D eigenvalue weighted by molar-refractivity contribution is 0.301. The van der Waals surface area contributed by atoms with E-state index < -0.39 is 0 Å². The number of hydrogen-bond acceptors (Lipinski definition) is 1. The first-order valence-corrected chi connectivity index (χ1v) is 9.66. The maximum atomic E-state index is 7.10. The maximum Gasteiger partial charge on any atom is -0.00476 e. The van der Waals surface area contributed by atoms with Crippen LogP contribution in [0.2, 0.25) is 0 Å². The average Bonchev–Trinajstić information content (AvgIpc) is 2.48. The Labute approximate surface area is 134 Å². The zero-order valence-corrected chi connectivity index (χ0v) is 15.3. The Bertz CT molecular complexity index is 224. The minimum absolute atomic E-state index is 0.805. The fraction of sp³-hybridized carbons (Fsp3) is 0.950. The quantitative estimate of drug-likeness (QED) is 0.243. The molecule has 3 atom stereocenters. The standard InChI is InChI=1S/C20H41N/c1-5-11-19(7-3)17-20(12-6-2)15-9-8-13-18(4)14-10-16-21/h16,18-21H,5-15,17H2,1-4H3. The summed E-state index contributed by atoms with van der Waals surface area (Å²) in [6, 6.07) is 0. The van der Waals surface area contributed by atoms with Gasteiger partial charge >= 0.3 is 0 Å². The molecule has 0 aromatic heterocycles. The Morgan fingerprint density at radius 3 is 2.00 bits per heavy atom. The lowest BCUT2D eigenvalue weighted by Crippen LogP contribution is -2.09. The molecule has 3 unspecified atom stereocenters. The van der Waals surface area contributed by atoms with Crippen molar-refractivity contribution in [2.75, 3.05) is 0 Å². The highest BCUT2D eigenvalue weighted by molar-refractivity contribution is 5.52. The molecule has 0 aliphatic rings. The summed E-state index contributed by atoms with van der Waals surface area (Å²) in [7, 11) is 0. The summed E-state index contributed by atoms with van der Waals surface area (Å²) in [4.78, 5) is 0. The summed E-state index contributed by atoms with van der Waals surface area (Å²) in [6.07, 6.45) is 17.8. The van der Waals surface area contributed by atoms with Gasteiger partial charge < -0.3 is 5.41 Å². The third-order valence-corrected chi connectivity index (χ3v) is 5.00. The van der Waals surface area contributed by atoms with Crippen LogP contribution < -0.4 is 0 Å². The van der Waals surface area contributed by atoms with Crippen LogP contribution in [0.15, 0.2) is 0 Å². The van der Waals surface area contributed by atoms with Crippen LogP contribution in [-0.2, 0) is 0 Å². The van der Waals surface area contributed by atoms with Crippen molar-refractivity contribution in [1.29, 1.82) is 5.41 Å². The van der Waals surface area contributed by atoms with Crippen LogP contribution in [-0.4, -0.2) is 6.21 Å². The summed E-state index contributed by atoms with van der Waals surface area (Å²) in [5.41, 5.74) is 0. The van der Waals surface area contributed by atoms with E-state index >= 15 is 0 Å². The highest BCUT2D eigenvalue weighted by Gasteiger charge is 2.14. The summed E-state index contributed by atoms with van der Waals surface area (Å²) < 4.78 is 0. The molecule has 0 radical (unpaired) electrons. The molecule has 0 aromatic carbocycles. The van der Waals surface area contributed by atoms with Gasteiger partial charge in [-0.15, -0.1) is 0 Å². The highest BCUT2D eigenvalue weighted by Crippen LogP contribution is 2.28. The summed E-state index contributed by atoms with van der Waals surface area (Å²) in [5, 5.41) is 7.10. The van der Waals surface area contributed by atoms with Gasteiger partial charge in [0.25, 0.3) is 0 Å². The van der Waals surface area contributed by atoms with Gasteiger partial charge in [0.2, 0.25) is 0 Å². The number of unbranched alkanes of at least 4 members (excludes halogenated alkanes) is 1. The fourth-order valence-corrected chi connectivity index (χ4v) is 3.59. The molecule has 0 amide bonds. The van der Waals surface area contributed by atoms with Crippen LogP contribution in [0.3, 0.4) is 0 Å². The van der Waals surface area contributed by atoms with Gasteiger partial charge in [0.15, 0.2) is 0 Å². The van der Waals surface area contributed by atoms with Crippen LogP contribution in [0.5, 0.6) is 0 Å². The number of hydrogen-bond donors (Lipinski definition) is 1. The molecular weight excluding hydrogens is 254 g/mol. The van der Waals surface area contributed by atoms with Gasteiger partial charge in [-0.2, -0.15) is 0 Å². The molecule has 21 heavy (non-hydrogen) atoms. The molecular formula is C20H41N. The van der Waals surface area contributed by atoms with Gasteiger partial charge in [0.05, 0.1) is 0 Å². The molecule has 0 aliphatic heterocycles. The Kier molecular flexibility index (Phi) is 14.4. The van der Waals surface area contributed by atoms with Gasteiger partial charge in [0.1, 0.15) is 0 Å². The van der Waals surface area contributed by atoms with Crippen LogP contribution in [0.25, 0.3) is 0 Å². The van der Waals surface area contributed by atoms with E-state index in [1.165, 1.54) is 70.6 Å². The monoisotopic (exact) mass is 295 g/mol. The fourth-order valence-electron chi connectivity index (χ4n) is 3.59. The van der Waals surface area contributed by atoms with Crippen molar-refractivity contribution in [3.8, 4) is 0 Å². The second kappa shape index (κ2) is 14.6. The summed E-state index contributed by atoms with van der Waals surface area (Å²) in [5.74, 6) is 2.75. The van der Waals surface area contributed by atoms with Gasteiger partial charge in [-0.3, -0.25) is 0 Å². The van der Waals surface area contributed by atoms with Crippen LogP contribution in [0.1, 0.15) is 105 Å². The molecule has 0 heterocycles. The predicted molar refractivity (Wildman–Crippen MR) is 97.4 cm³/mol. The number of rotatable bonds is 15. The summed E-state index contributed by atoms with van der Waals surface area (Å²) in [6.45, 7) is 9.39. The van der Waals surface area contributed by atoms with E-state index in [9.17, 15) is 0 Å². The van der Waals surface area contributed by atoms with Gasteiger partial charge in [0, 0.05) is 0 Å². The van der Waals surface area contributed by atoms with Gasteiger partial charge in [-0.25, -0.2) is 0 Å². The van der Waals surface area contributed by atoms with E-state index in [1.54, 1.807) is 6.21 Å². The summed E-state index contributed by atoms with van der Waals surface area (Å²) >= 11 is 0. The first-order chi connectivity index (χ1) is 10.2. The lowest BCUT2D eigenvalue weighted by Gasteiger charge is -2.22. The molecule has 126 valence electrons. The topological polar surface area (TPSA) is 23.9 Å². The van der Waals surface area contributed by atoms with Crippen LogP contribution >= 0.6 is 0 Å². The molecule has 0 aliphatic carbocycles. The first kappa shape index (κ1) is 20.7. The van der Waals surface area contributed by atoms with E-state index in [2.05, 4.69) is 27.7 Å². The molecule has 1 nitrogen and oxygen atoms in total. The largest absolute Gasteiger partial charge is 0.313 e. The molecule has 1 N–H and O–H groups in total. The minimum Gasteiger partial charge on any atom is -0.313 e. The third kappa shape index (κ3) is 12.0. The Morgan fingerprint density at radius 1 is 0.810 bits per heavy atom. The molecule has 0 saturated carbocycles. The second-order valence-electron chi connectivity index (χ2n) is 7.12. The van der Waals surface area contributed by atoms with Crippen LogP contribution in [0.4, 0.5) is 0 Å². The molecule has 0 saturated heterocycles. The highest BCUT2D eigenvalue weighted by atomic mass is 14.3. The Balaban J connectivity index is 3.89. The molecule has 0 aromatic rings. The zero-order chi connectivity index (χ0) is 15.9. The number of nitrogens with one attached hydrogen (secondary N) is 1. The SMILES string of the molecule is CCCC(CC)CC(CCC)CCCCC(C)CCC=N. The van der Waals surface area contributed by atoms with Crippen molar-refractivity contribution < 1.29 is 0 Å². The molecule has 0 fully saturated rings. The van der Waals surface area contributed by atoms with Gasteiger partial charge in [-0.1, -0.05) is 85.5 Å².